The maximum Gasteiger partial charge on any atom is 2.00 e. The van der Waals surface area contributed by atoms with Crippen LogP contribution < -0.4 is 11.5 Å². The van der Waals surface area contributed by atoms with Crippen molar-refractivity contribution >= 4 is 47.0 Å². The molecule has 0 amide bonds. The van der Waals surface area contributed by atoms with E-state index < -0.39 is 0 Å². The van der Waals surface area contributed by atoms with E-state index in [1.807, 2.05) is 97.1 Å². The monoisotopic (exact) mass is 574 g/mol. The van der Waals surface area contributed by atoms with E-state index in [1.54, 1.807) is 12.4 Å². The quantitative estimate of drug-likeness (QED) is 0.119. The number of pyridine rings is 2. The standard InChI is InChI=1S/2C13H12N4S.Zn/c2*14-13(18)17-16-12(10-6-2-1-3-7-10)11-8-4-5-9-15-11;/h2*1-9H,(H3,14,17,18);/q;;+2/p-2/b2*16-12+;. The molecule has 2 heterocycles. The van der Waals surface area contributed by atoms with E-state index in [0.717, 1.165) is 22.5 Å². The van der Waals surface area contributed by atoms with Gasteiger partial charge in [-0.1, -0.05) is 72.8 Å². The molecule has 11 heteroatoms. The van der Waals surface area contributed by atoms with Crippen LogP contribution in [0.25, 0.3) is 0 Å². The maximum atomic E-state index is 5.33. The van der Waals surface area contributed by atoms with E-state index in [2.05, 4.69) is 30.4 Å². The summed E-state index contributed by atoms with van der Waals surface area (Å²) in [6.07, 6.45) is 3.41. The molecule has 0 aliphatic heterocycles. The van der Waals surface area contributed by atoms with Crippen LogP contribution in [0.3, 0.4) is 0 Å². The fraction of sp³-hybridized carbons (Fsp3) is 0. The molecule has 0 radical (unpaired) electrons. The van der Waals surface area contributed by atoms with Gasteiger partial charge < -0.3 is 36.7 Å². The van der Waals surface area contributed by atoms with Crippen molar-refractivity contribution in [3.8, 4) is 0 Å². The molecule has 4 rings (SSSR count). The average molecular weight is 576 g/mol. The Morgan fingerprint density at radius 1 is 0.514 bits per heavy atom. The molecule has 4 N–H and O–H groups in total. The molecule has 0 spiro atoms. The summed E-state index contributed by atoms with van der Waals surface area (Å²) in [6, 6.07) is 30.5. The molecular formula is C26H22N8S2Zn. The largest absolute Gasteiger partial charge is 2.00 e. The van der Waals surface area contributed by atoms with Crippen molar-refractivity contribution < 1.29 is 19.5 Å². The predicted molar refractivity (Wildman–Crippen MR) is 151 cm³/mol. The van der Waals surface area contributed by atoms with Crippen LogP contribution in [0.1, 0.15) is 22.5 Å². The Morgan fingerprint density at radius 3 is 1.16 bits per heavy atom. The van der Waals surface area contributed by atoms with Gasteiger partial charge in [-0.2, -0.15) is 10.2 Å². The number of aromatic nitrogens is 2. The minimum absolute atomic E-state index is 0. The van der Waals surface area contributed by atoms with Gasteiger partial charge in [0.25, 0.3) is 0 Å². The fourth-order valence-corrected chi connectivity index (χ4v) is 2.99. The summed E-state index contributed by atoms with van der Waals surface area (Å²) >= 11 is 9.39. The van der Waals surface area contributed by atoms with Gasteiger partial charge in [0.1, 0.15) is 11.4 Å². The van der Waals surface area contributed by atoms with Gasteiger partial charge >= 0.3 is 19.5 Å². The van der Waals surface area contributed by atoms with Crippen molar-refractivity contribution in [3.05, 3.63) is 132 Å². The molecule has 0 unspecified atom stereocenters. The van der Waals surface area contributed by atoms with Gasteiger partial charge in [0, 0.05) is 23.5 Å². The van der Waals surface area contributed by atoms with Crippen molar-refractivity contribution in [3.63, 3.8) is 0 Å². The summed E-state index contributed by atoms with van der Waals surface area (Å²) in [6.45, 7) is 0. The van der Waals surface area contributed by atoms with E-state index in [-0.39, 0.29) is 29.8 Å². The van der Waals surface area contributed by atoms with Crippen molar-refractivity contribution in [1.29, 1.82) is 0 Å². The zero-order chi connectivity index (χ0) is 25.6. The van der Waals surface area contributed by atoms with E-state index >= 15 is 0 Å². The first-order chi connectivity index (χ1) is 17.5. The first kappa shape index (κ1) is 29.3. The van der Waals surface area contributed by atoms with Crippen LogP contribution in [0.2, 0.25) is 0 Å². The Balaban J connectivity index is 0.000000253. The van der Waals surface area contributed by atoms with Crippen LogP contribution in [0.5, 0.6) is 0 Å². The molecule has 2 aromatic heterocycles. The smallest absolute Gasteiger partial charge is 0.741 e. The zero-order valence-corrected chi connectivity index (χ0v) is 24.4. The molecule has 4 aromatic rings. The number of nitrogens with zero attached hydrogens (tertiary/aromatic N) is 6. The van der Waals surface area contributed by atoms with E-state index in [4.69, 9.17) is 36.7 Å². The molecule has 0 aliphatic carbocycles. The molecule has 0 atom stereocenters. The number of amidine groups is 2. The van der Waals surface area contributed by atoms with Gasteiger partial charge in [-0.15, -0.1) is 10.2 Å². The van der Waals surface area contributed by atoms with Crippen LogP contribution in [0.4, 0.5) is 0 Å². The van der Waals surface area contributed by atoms with Gasteiger partial charge in [-0.25, -0.2) is 0 Å². The molecule has 8 nitrogen and oxygen atoms in total. The maximum absolute atomic E-state index is 5.33. The molecule has 0 saturated carbocycles. The SMILES string of the molecule is N/C([S-])=N/N=C(\c1ccccc1)c1ccccn1.N/C([S-])=N/N=C(\c1ccccc1)c1ccccn1.[Zn+2]. The van der Waals surface area contributed by atoms with E-state index in [9.17, 15) is 0 Å². The molecular weight excluding hydrogens is 554 g/mol. The summed E-state index contributed by atoms with van der Waals surface area (Å²) in [5.41, 5.74) is 15.2. The van der Waals surface area contributed by atoms with Gasteiger partial charge in [-0.05, 0) is 34.6 Å². The summed E-state index contributed by atoms with van der Waals surface area (Å²) in [5.74, 6) is 0. The van der Waals surface area contributed by atoms with E-state index in [0.29, 0.717) is 11.4 Å². The van der Waals surface area contributed by atoms with Gasteiger partial charge in [-0.3, -0.25) is 9.97 Å². The van der Waals surface area contributed by atoms with Gasteiger partial charge in [0.05, 0.1) is 11.4 Å². The van der Waals surface area contributed by atoms with Crippen molar-refractivity contribution in [2.75, 3.05) is 0 Å². The Labute approximate surface area is 239 Å². The Bertz CT molecular complexity index is 1150. The average Bonchev–Trinajstić information content (AvgIpc) is 2.91. The Morgan fingerprint density at radius 2 is 0.865 bits per heavy atom. The van der Waals surface area contributed by atoms with Crippen LogP contribution in [0.15, 0.2) is 130 Å². The first-order valence-electron chi connectivity index (χ1n) is 10.6. The topological polar surface area (TPSA) is 127 Å². The van der Waals surface area contributed by atoms with Crippen molar-refractivity contribution in [2.24, 2.45) is 31.9 Å². The summed E-state index contributed by atoms with van der Waals surface area (Å²) in [7, 11) is 0. The summed E-state index contributed by atoms with van der Waals surface area (Å²) < 4.78 is 0. The predicted octanol–water partition coefficient (Wildman–Crippen LogP) is 3.39. The van der Waals surface area contributed by atoms with Gasteiger partial charge in [0.15, 0.2) is 0 Å². The van der Waals surface area contributed by atoms with Crippen molar-refractivity contribution in [1.82, 2.24) is 9.97 Å². The number of nitrogens with two attached hydrogens (primary N) is 2. The van der Waals surface area contributed by atoms with Crippen LogP contribution in [-0.4, -0.2) is 31.7 Å². The third kappa shape index (κ3) is 9.93. The second-order valence-electron chi connectivity index (χ2n) is 6.94. The molecule has 0 aliphatic rings. The molecule has 180 valence electrons. The summed E-state index contributed by atoms with van der Waals surface area (Å²) in [4.78, 5) is 8.52. The molecule has 0 bridgehead atoms. The Hall–Kier alpha value is -3.92. The number of hydrogen-bond donors (Lipinski definition) is 2. The molecule has 0 fully saturated rings. The number of hydrogen-bond acceptors (Lipinski definition) is 8. The van der Waals surface area contributed by atoms with Crippen LogP contribution >= 0.6 is 0 Å². The van der Waals surface area contributed by atoms with Crippen molar-refractivity contribution in [2.45, 2.75) is 0 Å². The first-order valence-corrected chi connectivity index (χ1v) is 11.5. The molecule has 0 saturated heterocycles. The zero-order valence-electron chi connectivity index (χ0n) is 19.8. The minimum Gasteiger partial charge on any atom is -0.741 e. The molecule has 2 aromatic carbocycles. The van der Waals surface area contributed by atoms with Crippen LogP contribution in [0, 0.1) is 0 Å². The van der Waals surface area contributed by atoms with E-state index in [1.165, 1.54) is 0 Å². The van der Waals surface area contributed by atoms with Gasteiger partial charge in [0.2, 0.25) is 0 Å². The Kier molecular flexibility index (Phi) is 12.6. The second-order valence-corrected chi connectivity index (χ2v) is 7.77. The minimum atomic E-state index is -0.000591. The number of benzene rings is 2. The third-order valence-electron chi connectivity index (χ3n) is 4.41. The second kappa shape index (κ2) is 16.0. The third-order valence-corrected chi connectivity index (χ3v) is 4.57. The molecule has 37 heavy (non-hydrogen) atoms. The fourth-order valence-electron chi connectivity index (χ4n) is 2.91. The van der Waals surface area contributed by atoms with Crippen LogP contribution in [-0.2, 0) is 44.7 Å². The normalized spacial score (nSPS) is 12.1. The summed E-state index contributed by atoms with van der Waals surface area (Å²) in [5, 5.41) is 15.6. The number of rotatable bonds is 6.